The summed E-state index contributed by atoms with van der Waals surface area (Å²) in [5.74, 6) is 0. The number of hydrogen-bond acceptors (Lipinski definition) is 1. The molecule has 0 aliphatic carbocycles. The number of para-hydroxylation sites is 3. The molecule has 0 N–H and O–H groups in total. The first-order chi connectivity index (χ1) is 35.7. The molecule has 0 atom stereocenters. The Morgan fingerprint density at radius 1 is 0.222 bits per heavy atom. The molecule has 334 valence electrons. The fourth-order valence-corrected chi connectivity index (χ4v) is 12.1. The van der Waals surface area contributed by atoms with Gasteiger partial charge in [0, 0.05) is 70.9 Å². The molecule has 0 saturated heterocycles. The van der Waals surface area contributed by atoms with E-state index in [1.165, 1.54) is 98.2 Å². The zero-order valence-corrected chi connectivity index (χ0v) is 38.9. The Kier molecular flexibility index (Phi) is 8.14. The van der Waals surface area contributed by atoms with E-state index in [1.807, 2.05) is 6.07 Å². The van der Waals surface area contributed by atoms with E-state index in [2.05, 4.69) is 256 Å². The average Bonchev–Trinajstić information content (AvgIpc) is 4.19. The van der Waals surface area contributed by atoms with E-state index in [9.17, 15) is 0 Å². The molecule has 16 aromatic rings. The van der Waals surface area contributed by atoms with E-state index < -0.39 is 0 Å². The van der Waals surface area contributed by atoms with E-state index in [1.54, 1.807) is 0 Å². The molecule has 0 aliphatic heterocycles. The third-order valence-corrected chi connectivity index (χ3v) is 15.4. The fourth-order valence-electron chi connectivity index (χ4n) is 12.1. The lowest BCUT2D eigenvalue weighted by Crippen LogP contribution is -1.94. The number of fused-ring (bicyclic) bond motifs is 16. The highest BCUT2D eigenvalue weighted by Gasteiger charge is 2.21. The van der Waals surface area contributed by atoms with Crippen molar-refractivity contribution in [1.82, 2.24) is 13.7 Å². The lowest BCUT2D eigenvalue weighted by Gasteiger charge is -2.10. The first kappa shape index (κ1) is 39.2. The summed E-state index contributed by atoms with van der Waals surface area (Å²) in [6, 6.07) is 91.2. The molecule has 0 spiro atoms. The number of furan rings is 1. The third kappa shape index (κ3) is 5.63. The number of aromatic nitrogens is 3. The predicted molar refractivity (Wildman–Crippen MR) is 303 cm³/mol. The lowest BCUT2D eigenvalue weighted by molar-refractivity contribution is 0.669. The normalized spacial score (nSPS) is 12.2. The summed E-state index contributed by atoms with van der Waals surface area (Å²) in [5.41, 5.74) is 17.1. The maximum Gasteiger partial charge on any atom is 0.135 e. The van der Waals surface area contributed by atoms with Crippen LogP contribution < -0.4 is 0 Å². The minimum absolute atomic E-state index is 0.888. The van der Waals surface area contributed by atoms with Gasteiger partial charge in [-0.3, -0.25) is 0 Å². The van der Waals surface area contributed by atoms with Crippen LogP contribution in [0.3, 0.4) is 0 Å². The predicted octanol–water partition coefficient (Wildman–Crippen LogP) is 18.5. The van der Waals surface area contributed by atoms with Crippen molar-refractivity contribution >= 4 is 109 Å². The summed E-state index contributed by atoms with van der Waals surface area (Å²) in [6.45, 7) is 0. The van der Waals surface area contributed by atoms with Crippen molar-refractivity contribution in [1.29, 1.82) is 0 Å². The molecule has 4 heterocycles. The van der Waals surface area contributed by atoms with Crippen molar-refractivity contribution in [3.05, 3.63) is 249 Å². The summed E-state index contributed by atoms with van der Waals surface area (Å²) in [4.78, 5) is 0. The zero-order chi connectivity index (χ0) is 47.0. The first-order valence-electron chi connectivity index (χ1n) is 24.7. The van der Waals surface area contributed by atoms with Crippen LogP contribution in [0.15, 0.2) is 253 Å². The molecular weight excluding hydrogens is 875 g/mol. The van der Waals surface area contributed by atoms with Gasteiger partial charge in [0.15, 0.2) is 0 Å². The Morgan fingerprint density at radius 3 is 1.12 bits per heavy atom. The summed E-state index contributed by atoms with van der Waals surface area (Å²) in [5, 5.41) is 14.6. The summed E-state index contributed by atoms with van der Waals surface area (Å²) in [6.07, 6.45) is 0. The van der Waals surface area contributed by atoms with Crippen molar-refractivity contribution < 1.29 is 4.42 Å². The van der Waals surface area contributed by atoms with Gasteiger partial charge < -0.3 is 18.1 Å². The Bertz CT molecular complexity index is 4660. The molecule has 16 rings (SSSR count). The first-order valence-corrected chi connectivity index (χ1v) is 24.7. The van der Waals surface area contributed by atoms with E-state index >= 15 is 0 Å². The van der Waals surface area contributed by atoms with Gasteiger partial charge in [-0.15, -0.1) is 0 Å². The minimum Gasteiger partial charge on any atom is -0.456 e. The second-order valence-electron chi connectivity index (χ2n) is 19.2. The van der Waals surface area contributed by atoms with Crippen molar-refractivity contribution in [2.75, 3.05) is 0 Å². The van der Waals surface area contributed by atoms with Crippen molar-refractivity contribution in [2.24, 2.45) is 0 Å². The highest BCUT2D eigenvalue weighted by molar-refractivity contribution is 6.21. The van der Waals surface area contributed by atoms with Crippen LogP contribution >= 0.6 is 0 Å². The van der Waals surface area contributed by atoms with Crippen molar-refractivity contribution in [3.63, 3.8) is 0 Å². The van der Waals surface area contributed by atoms with Crippen LogP contribution in [0, 0.1) is 0 Å². The van der Waals surface area contributed by atoms with E-state index in [0.717, 1.165) is 50.0 Å². The molecule has 12 aromatic carbocycles. The van der Waals surface area contributed by atoms with Crippen LogP contribution in [-0.4, -0.2) is 13.7 Å². The van der Waals surface area contributed by atoms with Gasteiger partial charge in [0.25, 0.3) is 0 Å². The Morgan fingerprint density at radius 2 is 0.625 bits per heavy atom. The van der Waals surface area contributed by atoms with Gasteiger partial charge in [-0.2, -0.15) is 0 Å². The largest absolute Gasteiger partial charge is 0.456 e. The van der Waals surface area contributed by atoms with Crippen LogP contribution in [0.25, 0.3) is 148 Å². The van der Waals surface area contributed by atoms with Crippen molar-refractivity contribution in [3.8, 4) is 39.3 Å². The van der Waals surface area contributed by atoms with Gasteiger partial charge in [-0.05, 0) is 130 Å². The van der Waals surface area contributed by atoms with E-state index in [0.29, 0.717) is 0 Å². The highest BCUT2D eigenvalue weighted by Crippen LogP contribution is 2.44. The molecule has 4 nitrogen and oxygen atoms in total. The molecular formula is C68H41N3O. The number of benzene rings is 12. The Hall–Kier alpha value is -9.64. The number of hydrogen-bond donors (Lipinski definition) is 0. The van der Waals surface area contributed by atoms with Crippen LogP contribution in [0.2, 0.25) is 0 Å². The minimum atomic E-state index is 0.888. The third-order valence-electron chi connectivity index (χ3n) is 15.4. The topological polar surface area (TPSA) is 27.9 Å². The second-order valence-corrected chi connectivity index (χ2v) is 19.2. The van der Waals surface area contributed by atoms with Crippen molar-refractivity contribution in [2.45, 2.75) is 0 Å². The molecule has 0 amide bonds. The van der Waals surface area contributed by atoms with Crippen LogP contribution in [-0.2, 0) is 0 Å². The standard InChI is InChI=1S/C68H41N3O/c1-3-15-48(16-4-1)70-63-34-27-44(37-56(63)54-30-23-42-13-7-9-19-51(42)67(54)70)46-25-32-61-58(39-46)59-40-47(26-33-62(59)69(61)50-29-36-66-60(41-50)53-21-11-12-22-65(53)72-66)45-28-35-64-57(38-45)55-31-24-43-14-8-10-20-52(43)68(55)71(64)49-17-5-2-6-18-49/h1-41H. The Balaban J connectivity index is 0.922. The SMILES string of the molecule is c1ccc(-n2c3ccc(-c4ccc5c(c4)c4cc(-c6ccc7c(c6)c6ccc8ccccc8c6n7-c6ccccc6)ccc4n5-c4ccc5oc6ccccc6c5c4)cc3c3ccc4ccccc4c32)cc1. The van der Waals surface area contributed by atoms with Crippen LogP contribution in [0.5, 0.6) is 0 Å². The molecule has 72 heavy (non-hydrogen) atoms. The molecule has 0 saturated carbocycles. The molecule has 0 aliphatic rings. The van der Waals surface area contributed by atoms with Gasteiger partial charge in [0.05, 0.1) is 33.1 Å². The number of rotatable bonds is 5. The molecule has 0 radical (unpaired) electrons. The van der Waals surface area contributed by atoms with E-state index in [4.69, 9.17) is 4.42 Å². The molecule has 4 aromatic heterocycles. The van der Waals surface area contributed by atoms with E-state index in [-0.39, 0.29) is 0 Å². The zero-order valence-electron chi connectivity index (χ0n) is 38.9. The molecule has 0 fully saturated rings. The average molecular weight is 916 g/mol. The highest BCUT2D eigenvalue weighted by atomic mass is 16.3. The second kappa shape index (κ2) is 14.9. The maximum atomic E-state index is 6.33. The van der Waals surface area contributed by atoms with Gasteiger partial charge >= 0.3 is 0 Å². The smallest absolute Gasteiger partial charge is 0.135 e. The van der Waals surface area contributed by atoms with Gasteiger partial charge in [-0.1, -0.05) is 152 Å². The molecule has 0 unspecified atom stereocenters. The summed E-state index contributed by atoms with van der Waals surface area (Å²) in [7, 11) is 0. The summed E-state index contributed by atoms with van der Waals surface area (Å²) < 4.78 is 13.6. The lowest BCUT2D eigenvalue weighted by atomic mass is 9.98. The number of nitrogens with zero attached hydrogens (tertiary/aromatic N) is 3. The van der Waals surface area contributed by atoms with Crippen LogP contribution in [0.1, 0.15) is 0 Å². The van der Waals surface area contributed by atoms with Gasteiger partial charge in [0.1, 0.15) is 11.2 Å². The molecule has 0 bridgehead atoms. The van der Waals surface area contributed by atoms with Gasteiger partial charge in [-0.25, -0.2) is 0 Å². The van der Waals surface area contributed by atoms with Crippen LogP contribution in [0.4, 0.5) is 0 Å². The maximum absolute atomic E-state index is 6.33. The van der Waals surface area contributed by atoms with Gasteiger partial charge in [0.2, 0.25) is 0 Å². The quantitative estimate of drug-likeness (QED) is 0.169. The monoisotopic (exact) mass is 915 g/mol. The fraction of sp³-hybridized carbons (Fsp3) is 0. The summed E-state index contributed by atoms with van der Waals surface area (Å²) >= 11 is 0. The Labute approximate surface area is 413 Å². The molecule has 4 heteroatoms.